The Morgan fingerprint density at radius 2 is 1.78 bits per heavy atom. The van der Waals surface area contributed by atoms with Crippen LogP contribution in [0.5, 0.6) is 17.2 Å². The number of likely N-dealkylation sites (tertiary alicyclic amines) is 1. The Morgan fingerprint density at radius 3 is 2.53 bits per heavy atom. The van der Waals surface area contributed by atoms with Gasteiger partial charge in [0.05, 0.1) is 18.0 Å². The van der Waals surface area contributed by atoms with E-state index in [0.29, 0.717) is 18.2 Å². The van der Waals surface area contributed by atoms with E-state index in [0.717, 1.165) is 65.1 Å². The molecule has 1 fully saturated rings. The third kappa shape index (κ3) is 5.52. The third-order valence-corrected chi connectivity index (χ3v) is 6.55. The van der Waals surface area contributed by atoms with E-state index in [1.165, 1.54) is 0 Å². The van der Waals surface area contributed by atoms with Gasteiger partial charge in [-0.1, -0.05) is 30.3 Å². The van der Waals surface area contributed by atoms with Crippen molar-refractivity contribution in [2.45, 2.75) is 32.5 Å². The molecule has 0 saturated carbocycles. The van der Waals surface area contributed by atoms with Crippen LogP contribution in [0.3, 0.4) is 0 Å². The van der Waals surface area contributed by atoms with Gasteiger partial charge in [0.15, 0.2) is 0 Å². The maximum absolute atomic E-state index is 6.51. The number of aryl methyl sites for hydroxylation is 1. The quantitative estimate of drug-likeness (QED) is 0.342. The summed E-state index contributed by atoms with van der Waals surface area (Å²) in [5, 5.41) is 4.32. The molecule has 1 aromatic heterocycles. The Bertz CT molecular complexity index is 1320. The van der Waals surface area contributed by atoms with Crippen molar-refractivity contribution in [1.82, 2.24) is 14.9 Å². The molecule has 0 bridgehead atoms. The van der Waals surface area contributed by atoms with E-state index >= 15 is 0 Å². The molecule has 0 aliphatic carbocycles. The van der Waals surface area contributed by atoms with Crippen LogP contribution in [0.1, 0.15) is 24.0 Å². The Hall–Kier alpha value is -3.84. The average Bonchev–Trinajstić information content (AvgIpc) is 2.90. The number of piperidine rings is 1. The number of ether oxygens (including phenoxy) is 3. The maximum Gasteiger partial charge on any atom is 0.145 e. The molecule has 1 aliphatic rings. The zero-order valence-corrected chi connectivity index (χ0v) is 21.0. The van der Waals surface area contributed by atoms with Gasteiger partial charge in [0.2, 0.25) is 0 Å². The molecule has 1 N–H and O–H groups in total. The summed E-state index contributed by atoms with van der Waals surface area (Å²) in [5.41, 5.74) is 3.87. The van der Waals surface area contributed by atoms with E-state index in [2.05, 4.69) is 45.4 Å². The largest absolute Gasteiger partial charge is 0.497 e. The number of fused-ring (bicyclic) bond motifs is 1. The minimum absolute atomic E-state index is 0.146. The van der Waals surface area contributed by atoms with E-state index in [1.807, 2.05) is 49.4 Å². The van der Waals surface area contributed by atoms with Crippen LogP contribution in [-0.4, -0.2) is 48.2 Å². The molecule has 1 aliphatic heterocycles. The van der Waals surface area contributed by atoms with Crippen molar-refractivity contribution >= 4 is 22.4 Å². The van der Waals surface area contributed by atoms with Gasteiger partial charge >= 0.3 is 0 Å². The average molecular weight is 485 g/mol. The predicted molar refractivity (Wildman–Crippen MR) is 142 cm³/mol. The monoisotopic (exact) mass is 484 g/mol. The van der Waals surface area contributed by atoms with Crippen LogP contribution in [0.2, 0.25) is 0 Å². The highest BCUT2D eigenvalue weighted by Crippen LogP contribution is 2.37. The number of hydrogen-bond donors (Lipinski definition) is 1. The molecule has 0 spiro atoms. The molecule has 7 heteroatoms. The third-order valence-electron chi connectivity index (χ3n) is 6.55. The second kappa shape index (κ2) is 10.8. The molecule has 1 saturated heterocycles. The highest BCUT2D eigenvalue weighted by atomic mass is 16.5. The SMILES string of the molecule is COc1cc(OC2CCN(C)CC2)c2c(Nc3ccc(OCc4ccccc4)c(C)c3)ncnc2c1. The predicted octanol–water partition coefficient (Wildman–Crippen LogP) is 5.74. The number of nitrogens with one attached hydrogen (secondary N) is 1. The molecule has 0 radical (unpaired) electrons. The number of rotatable bonds is 8. The highest BCUT2D eigenvalue weighted by molar-refractivity contribution is 5.96. The zero-order chi connectivity index (χ0) is 24.9. The van der Waals surface area contributed by atoms with Crippen molar-refractivity contribution in [1.29, 1.82) is 0 Å². The zero-order valence-electron chi connectivity index (χ0n) is 21.0. The molecule has 36 heavy (non-hydrogen) atoms. The summed E-state index contributed by atoms with van der Waals surface area (Å²) in [5.74, 6) is 3.00. The van der Waals surface area contributed by atoms with Crippen molar-refractivity contribution in [2.24, 2.45) is 0 Å². The van der Waals surface area contributed by atoms with Crippen molar-refractivity contribution in [2.75, 3.05) is 32.6 Å². The summed E-state index contributed by atoms with van der Waals surface area (Å²) in [6.45, 7) is 4.62. The lowest BCUT2D eigenvalue weighted by Gasteiger charge is -2.29. The molecule has 4 aromatic rings. The van der Waals surface area contributed by atoms with Gasteiger partial charge in [-0.05, 0) is 56.1 Å². The molecule has 7 nitrogen and oxygen atoms in total. The first kappa shape index (κ1) is 23.9. The Kier molecular flexibility index (Phi) is 7.18. The Labute approximate surface area is 212 Å². The summed E-state index contributed by atoms with van der Waals surface area (Å²) in [6, 6.07) is 20.1. The van der Waals surface area contributed by atoms with Gasteiger partial charge in [0.25, 0.3) is 0 Å². The number of anilines is 2. The molecule has 0 unspecified atom stereocenters. The molecular weight excluding hydrogens is 452 g/mol. The molecule has 0 amide bonds. The lowest BCUT2D eigenvalue weighted by Crippen LogP contribution is -2.35. The van der Waals surface area contributed by atoms with E-state index in [9.17, 15) is 0 Å². The Morgan fingerprint density at radius 1 is 0.972 bits per heavy atom. The molecule has 2 heterocycles. The van der Waals surface area contributed by atoms with E-state index in [1.54, 1.807) is 13.4 Å². The Balaban J connectivity index is 1.40. The summed E-state index contributed by atoms with van der Waals surface area (Å²) in [4.78, 5) is 11.4. The van der Waals surface area contributed by atoms with E-state index < -0.39 is 0 Å². The van der Waals surface area contributed by atoms with Crippen molar-refractivity contribution in [3.05, 3.63) is 78.1 Å². The van der Waals surface area contributed by atoms with Gasteiger partial charge in [-0.3, -0.25) is 0 Å². The number of aromatic nitrogens is 2. The summed E-state index contributed by atoms with van der Waals surface area (Å²) < 4.78 is 18.1. The molecule has 3 aromatic carbocycles. The smallest absolute Gasteiger partial charge is 0.145 e. The summed E-state index contributed by atoms with van der Waals surface area (Å²) in [7, 11) is 3.80. The van der Waals surface area contributed by atoms with Crippen molar-refractivity contribution < 1.29 is 14.2 Å². The van der Waals surface area contributed by atoms with Crippen LogP contribution in [-0.2, 0) is 6.61 Å². The van der Waals surface area contributed by atoms with Crippen LogP contribution >= 0.6 is 0 Å². The standard InChI is InChI=1S/C29H32N4O3/c1-20-15-22(9-10-26(20)35-18-21-7-5-4-6-8-21)32-29-28-25(30-19-31-29)16-24(34-3)17-27(28)36-23-11-13-33(2)14-12-23/h4-10,15-17,19,23H,11-14,18H2,1-3H3,(H,30,31,32). The number of nitrogens with zero attached hydrogens (tertiary/aromatic N) is 3. The van der Waals surface area contributed by atoms with Crippen LogP contribution < -0.4 is 19.5 Å². The fourth-order valence-electron chi connectivity index (χ4n) is 4.48. The second-order valence-corrected chi connectivity index (χ2v) is 9.24. The minimum Gasteiger partial charge on any atom is -0.497 e. The lowest BCUT2D eigenvalue weighted by molar-refractivity contribution is 0.115. The van der Waals surface area contributed by atoms with E-state index in [-0.39, 0.29) is 6.10 Å². The highest BCUT2D eigenvalue weighted by Gasteiger charge is 2.21. The lowest BCUT2D eigenvalue weighted by atomic mass is 10.1. The van der Waals surface area contributed by atoms with Crippen LogP contribution in [0, 0.1) is 6.92 Å². The summed E-state index contributed by atoms with van der Waals surface area (Å²) >= 11 is 0. The van der Waals surface area contributed by atoms with Gasteiger partial charge in [0.1, 0.15) is 42.1 Å². The van der Waals surface area contributed by atoms with Crippen molar-refractivity contribution in [3.8, 4) is 17.2 Å². The maximum atomic E-state index is 6.51. The fourth-order valence-corrected chi connectivity index (χ4v) is 4.48. The molecule has 186 valence electrons. The fraction of sp³-hybridized carbons (Fsp3) is 0.310. The topological polar surface area (TPSA) is 68.7 Å². The van der Waals surface area contributed by atoms with Gasteiger partial charge < -0.3 is 24.4 Å². The van der Waals surface area contributed by atoms with Crippen molar-refractivity contribution in [3.63, 3.8) is 0 Å². The van der Waals surface area contributed by atoms with Gasteiger partial charge in [-0.15, -0.1) is 0 Å². The number of methoxy groups -OCH3 is 1. The first-order valence-electron chi connectivity index (χ1n) is 12.3. The van der Waals surface area contributed by atoms with Crippen LogP contribution in [0.15, 0.2) is 67.0 Å². The molecular formula is C29H32N4O3. The van der Waals surface area contributed by atoms with Gasteiger partial charge in [0, 0.05) is 30.9 Å². The molecule has 5 rings (SSSR count). The second-order valence-electron chi connectivity index (χ2n) is 9.24. The molecule has 0 atom stereocenters. The number of benzene rings is 3. The van der Waals surface area contributed by atoms with Crippen LogP contribution in [0.4, 0.5) is 11.5 Å². The van der Waals surface area contributed by atoms with E-state index in [4.69, 9.17) is 14.2 Å². The normalized spacial score (nSPS) is 14.5. The van der Waals surface area contributed by atoms with Crippen LogP contribution in [0.25, 0.3) is 10.9 Å². The minimum atomic E-state index is 0.146. The number of hydrogen-bond acceptors (Lipinski definition) is 7. The summed E-state index contributed by atoms with van der Waals surface area (Å²) in [6.07, 6.45) is 3.67. The first-order valence-corrected chi connectivity index (χ1v) is 12.3. The first-order chi connectivity index (χ1) is 17.6. The van der Waals surface area contributed by atoms with Gasteiger partial charge in [-0.25, -0.2) is 9.97 Å². The van der Waals surface area contributed by atoms with Gasteiger partial charge in [-0.2, -0.15) is 0 Å².